The van der Waals surface area contributed by atoms with Crippen LogP contribution in [0.1, 0.15) is 25.7 Å². The number of rotatable bonds is 5. The highest BCUT2D eigenvalue weighted by atomic mass is 32.2. The maximum Gasteiger partial charge on any atom is 0.233 e. The van der Waals surface area contributed by atoms with Crippen LogP contribution in [0.3, 0.4) is 0 Å². The Hall–Kier alpha value is -0.620. The Balaban J connectivity index is 1.64. The van der Waals surface area contributed by atoms with E-state index in [2.05, 4.69) is 10.6 Å². The van der Waals surface area contributed by atoms with E-state index in [4.69, 9.17) is 0 Å². The van der Waals surface area contributed by atoms with E-state index in [1.807, 2.05) is 0 Å². The molecule has 1 saturated heterocycles. The molecule has 0 aromatic heterocycles. The maximum absolute atomic E-state index is 11.5. The van der Waals surface area contributed by atoms with Crippen molar-refractivity contribution in [1.29, 1.82) is 0 Å². The van der Waals surface area contributed by atoms with E-state index in [-0.39, 0.29) is 24.2 Å². The summed E-state index contributed by atoms with van der Waals surface area (Å²) in [6.45, 7) is 0.996. The van der Waals surface area contributed by atoms with Crippen LogP contribution in [0.25, 0.3) is 0 Å². The summed E-state index contributed by atoms with van der Waals surface area (Å²) in [6, 6.07) is -0.0552. The van der Waals surface area contributed by atoms with Crippen LogP contribution >= 0.6 is 0 Å². The summed E-state index contributed by atoms with van der Waals surface area (Å²) >= 11 is 0. The highest BCUT2D eigenvalue weighted by Gasteiger charge is 2.25. The van der Waals surface area contributed by atoms with Crippen LogP contribution < -0.4 is 10.6 Å². The molecule has 0 bridgehead atoms. The van der Waals surface area contributed by atoms with E-state index in [9.17, 15) is 13.2 Å². The fraction of sp³-hybridized carbons (Fsp3) is 0.909. The molecule has 0 spiro atoms. The number of carbonyl (C=O) groups is 1. The molecule has 1 aliphatic heterocycles. The zero-order valence-electron chi connectivity index (χ0n) is 9.94. The number of nitrogens with one attached hydrogen (secondary N) is 2. The fourth-order valence-corrected chi connectivity index (χ4v) is 3.73. The summed E-state index contributed by atoms with van der Waals surface area (Å²) in [6.07, 6.45) is 3.97. The maximum atomic E-state index is 11.5. The highest BCUT2D eigenvalue weighted by molar-refractivity contribution is 7.91. The lowest BCUT2D eigenvalue weighted by Crippen LogP contribution is -2.45. The predicted molar refractivity (Wildman–Crippen MR) is 65.4 cm³/mol. The molecule has 1 aliphatic carbocycles. The number of hydrogen-bond donors (Lipinski definition) is 2. The van der Waals surface area contributed by atoms with Gasteiger partial charge in [0.2, 0.25) is 5.91 Å². The van der Waals surface area contributed by atoms with Crippen molar-refractivity contribution in [3.05, 3.63) is 0 Å². The van der Waals surface area contributed by atoms with Crippen LogP contribution in [-0.4, -0.2) is 45.0 Å². The molecule has 17 heavy (non-hydrogen) atoms. The molecule has 0 aromatic carbocycles. The lowest BCUT2D eigenvalue weighted by atomic mass is 10.2. The summed E-state index contributed by atoms with van der Waals surface area (Å²) in [5.74, 6) is 1.11. The summed E-state index contributed by atoms with van der Waals surface area (Å²) in [5.41, 5.74) is 0. The first kappa shape index (κ1) is 12.8. The lowest BCUT2D eigenvalue weighted by Gasteiger charge is -2.22. The van der Waals surface area contributed by atoms with Gasteiger partial charge in [0.1, 0.15) is 0 Å². The van der Waals surface area contributed by atoms with Crippen LogP contribution in [0.15, 0.2) is 0 Å². The molecule has 2 fully saturated rings. The summed E-state index contributed by atoms with van der Waals surface area (Å²) < 4.78 is 22.8. The topological polar surface area (TPSA) is 75.3 Å². The molecule has 1 atom stereocenters. The first-order valence-electron chi connectivity index (χ1n) is 6.26. The number of hydrogen-bond acceptors (Lipinski definition) is 4. The van der Waals surface area contributed by atoms with Crippen molar-refractivity contribution in [2.75, 3.05) is 24.6 Å². The van der Waals surface area contributed by atoms with Crippen molar-refractivity contribution >= 4 is 15.7 Å². The fourth-order valence-electron chi connectivity index (χ4n) is 2.06. The molecule has 6 heteroatoms. The van der Waals surface area contributed by atoms with Crippen molar-refractivity contribution in [3.8, 4) is 0 Å². The molecule has 0 aromatic rings. The average Bonchev–Trinajstić information content (AvgIpc) is 3.06. The van der Waals surface area contributed by atoms with Gasteiger partial charge in [0.25, 0.3) is 0 Å². The second-order valence-corrected chi connectivity index (χ2v) is 7.31. The van der Waals surface area contributed by atoms with Gasteiger partial charge in [0, 0.05) is 12.6 Å². The van der Waals surface area contributed by atoms with Gasteiger partial charge in [-0.2, -0.15) is 0 Å². The molecule has 1 unspecified atom stereocenters. The largest absolute Gasteiger partial charge is 0.355 e. The minimum Gasteiger partial charge on any atom is -0.355 e. The van der Waals surface area contributed by atoms with Gasteiger partial charge in [-0.1, -0.05) is 0 Å². The quantitative estimate of drug-likeness (QED) is 0.710. The monoisotopic (exact) mass is 260 g/mol. The van der Waals surface area contributed by atoms with E-state index in [1.165, 1.54) is 12.8 Å². The molecule has 1 saturated carbocycles. The van der Waals surface area contributed by atoms with Gasteiger partial charge in [-0.05, 0) is 31.6 Å². The van der Waals surface area contributed by atoms with Crippen LogP contribution in [0.5, 0.6) is 0 Å². The molecule has 2 rings (SSSR count). The molecule has 98 valence electrons. The minimum absolute atomic E-state index is 0.0279. The zero-order chi connectivity index (χ0) is 12.3. The van der Waals surface area contributed by atoms with Gasteiger partial charge in [0.15, 0.2) is 9.84 Å². The van der Waals surface area contributed by atoms with Gasteiger partial charge in [0.05, 0.1) is 18.1 Å². The zero-order valence-corrected chi connectivity index (χ0v) is 10.8. The number of sulfone groups is 1. The third kappa shape index (κ3) is 4.63. The standard InChI is InChI=1S/C11H20N2O3S/c14-11(13-6-9-3-4-9)7-12-10-2-1-5-17(15,16)8-10/h9-10,12H,1-8H2,(H,13,14). The Morgan fingerprint density at radius 3 is 2.65 bits per heavy atom. The predicted octanol–water partition coefficient (Wildman–Crippen LogP) is -0.321. The SMILES string of the molecule is O=C(CNC1CCCS(=O)(=O)C1)NCC1CC1. The van der Waals surface area contributed by atoms with Gasteiger partial charge in [-0.25, -0.2) is 8.42 Å². The third-order valence-corrected chi connectivity index (χ3v) is 5.12. The second-order valence-electron chi connectivity index (χ2n) is 5.08. The Labute approximate surface area is 102 Å². The Morgan fingerprint density at radius 2 is 2.00 bits per heavy atom. The van der Waals surface area contributed by atoms with E-state index < -0.39 is 9.84 Å². The van der Waals surface area contributed by atoms with Crippen LogP contribution in [-0.2, 0) is 14.6 Å². The minimum atomic E-state index is -2.89. The van der Waals surface area contributed by atoms with Gasteiger partial charge < -0.3 is 10.6 Å². The van der Waals surface area contributed by atoms with Gasteiger partial charge >= 0.3 is 0 Å². The summed E-state index contributed by atoms with van der Waals surface area (Å²) in [7, 11) is -2.89. The van der Waals surface area contributed by atoms with Crippen LogP contribution in [0, 0.1) is 5.92 Å². The van der Waals surface area contributed by atoms with E-state index in [1.54, 1.807) is 0 Å². The normalized spacial score (nSPS) is 27.6. The smallest absolute Gasteiger partial charge is 0.233 e. The number of amides is 1. The van der Waals surface area contributed by atoms with Gasteiger partial charge in [-0.15, -0.1) is 0 Å². The first-order chi connectivity index (χ1) is 8.05. The highest BCUT2D eigenvalue weighted by Crippen LogP contribution is 2.27. The second kappa shape index (κ2) is 5.35. The Morgan fingerprint density at radius 1 is 1.24 bits per heavy atom. The molecular weight excluding hydrogens is 240 g/mol. The van der Waals surface area contributed by atoms with Crippen LogP contribution in [0.4, 0.5) is 0 Å². The lowest BCUT2D eigenvalue weighted by molar-refractivity contribution is -0.120. The third-order valence-electron chi connectivity index (χ3n) is 3.30. The van der Waals surface area contributed by atoms with Gasteiger partial charge in [-0.3, -0.25) is 4.79 Å². The number of carbonyl (C=O) groups excluding carboxylic acids is 1. The molecule has 0 radical (unpaired) electrons. The summed E-state index contributed by atoms with van der Waals surface area (Å²) in [4.78, 5) is 11.5. The molecule has 1 amide bonds. The first-order valence-corrected chi connectivity index (χ1v) is 8.08. The molecule has 5 nitrogen and oxygen atoms in total. The van der Waals surface area contributed by atoms with E-state index in [0.717, 1.165) is 13.0 Å². The van der Waals surface area contributed by atoms with Crippen LogP contribution in [0.2, 0.25) is 0 Å². The molecule has 2 N–H and O–H groups in total. The van der Waals surface area contributed by atoms with E-state index in [0.29, 0.717) is 18.1 Å². The Kier molecular flexibility index (Phi) is 4.04. The molecule has 2 aliphatic rings. The van der Waals surface area contributed by atoms with Crippen molar-refractivity contribution in [3.63, 3.8) is 0 Å². The molecule has 1 heterocycles. The average molecular weight is 260 g/mol. The summed E-state index contributed by atoms with van der Waals surface area (Å²) in [5, 5.41) is 5.88. The molecular formula is C11H20N2O3S. The van der Waals surface area contributed by atoms with Crippen molar-refractivity contribution in [2.45, 2.75) is 31.7 Å². The van der Waals surface area contributed by atoms with Crippen molar-refractivity contribution in [2.24, 2.45) is 5.92 Å². The Bertz CT molecular complexity index is 376. The van der Waals surface area contributed by atoms with E-state index >= 15 is 0 Å². The van der Waals surface area contributed by atoms with Crippen molar-refractivity contribution in [1.82, 2.24) is 10.6 Å². The van der Waals surface area contributed by atoms with Crippen molar-refractivity contribution < 1.29 is 13.2 Å².